The molecule has 72 valence electrons. The number of nitrogens with two attached hydrogens (primary N) is 1. The van der Waals surface area contributed by atoms with Gasteiger partial charge in [-0.1, -0.05) is 17.7 Å². The van der Waals surface area contributed by atoms with Crippen molar-refractivity contribution in [2.45, 2.75) is 32.7 Å². The van der Waals surface area contributed by atoms with Crippen LogP contribution in [0.4, 0.5) is 0 Å². The van der Waals surface area contributed by atoms with Gasteiger partial charge in [0.2, 0.25) is 0 Å². The SMILES string of the molecule is Cc1cc(C)c2c(c1)CCC2N.Cl. The van der Waals surface area contributed by atoms with Gasteiger partial charge in [-0.25, -0.2) is 0 Å². The molecule has 2 heteroatoms. The molecule has 1 aliphatic rings. The van der Waals surface area contributed by atoms with Gasteiger partial charge in [-0.3, -0.25) is 0 Å². The predicted octanol–water partition coefficient (Wildman–Crippen LogP) is 2.67. The van der Waals surface area contributed by atoms with Crippen molar-refractivity contribution in [3.05, 3.63) is 34.4 Å². The van der Waals surface area contributed by atoms with Crippen molar-refractivity contribution in [1.29, 1.82) is 0 Å². The molecule has 2 rings (SSSR count). The van der Waals surface area contributed by atoms with Crippen molar-refractivity contribution < 1.29 is 0 Å². The molecule has 13 heavy (non-hydrogen) atoms. The van der Waals surface area contributed by atoms with E-state index in [9.17, 15) is 0 Å². The van der Waals surface area contributed by atoms with Crippen LogP contribution in [-0.4, -0.2) is 0 Å². The van der Waals surface area contributed by atoms with Crippen LogP contribution in [0.15, 0.2) is 12.1 Å². The van der Waals surface area contributed by atoms with E-state index in [1.165, 1.54) is 28.7 Å². The lowest BCUT2D eigenvalue weighted by Gasteiger charge is -2.09. The number of fused-ring (bicyclic) bond motifs is 1. The lowest BCUT2D eigenvalue weighted by molar-refractivity contribution is 0.710. The van der Waals surface area contributed by atoms with E-state index in [0.717, 1.165) is 6.42 Å². The number of hydrogen-bond donors (Lipinski definition) is 1. The predicted molar refractivity (Wildman–Crippen MR) is 58.4 cm³/mol. The second-order valence-corrected chi connectivity index (χ2v) is 3.80. The Labute approximate surface area is 85.7 Å². The number of aryl methyl sites for hydroxylation is 3. The van der Waals surface area contributed by atoms with E-state index in [1.807, 2.05) is 0 Å². The van der Waals surface area contributed by atoms with Crippen molar-refractivity contribution in [2.75, 3.05) is 0 Å². The Bertz CT molecular complexity index is 320. The van der Waals surface area contributed by atoms with Gasteiger partial charge in [0, 0.05) is 6.04 Å². The summed E-state index contributed by atoms with van der Waals surface area (Å²) in [5, 5.41) is 0. The summed E-state index contributed by atoms with van der Waals surface area (Å²) in [4.78, 5) is 0. The molecule has 1 aliphatic carbocycles. The number of hydrogen-bond acceptors (Lipinski definition) is 1. The molecule has 1 aromatic rings. The minimum Gasteiger partial charge on any atom is -0.324 e. The number of halogens is 1. The zero-order valence-corrected chi connectivity index (χ0v) is 8.95. The molecular weight excluding hydrogens is 182 g/mol. The Balaban J connectivity index is 0.000000845. The standard InChI is InChI=1S/C11H15N.ClH/c1-7-5-8(2)11-9(6-7)3-4-10(11)12;/h5-6,10H,3-4,12H2,1-2H3;1H. The first-order chi connectivity index (χ1) is 5.68. The summed E-state index contributed by atoms with van der Waals surface area (Å²) in [7, 11) is 0. The van der Waals surface area contributed by atoms with Crippen molar-refractivity contribution in [3.63, 3.8) is 0 Å². The third kappa shape index (κ3) is 1.72. The highest BCUT2D eigenvalue weighted by Gasteiger charge is 2.20. The second-order valence-electron chi connectivity index (χ2n) is 3.80. The van der Waals surface area contributed by atoms with Crippen LogP contribution in [0.5, 0.6) is 0 Å². The van der Waals surface area contributed by atoms with E-state index in [0.29, 0.717) is 6.04 Å². The largest absolute Gasteiger partial charge is 0.324 e. The van der Waals surface area contributed by atoms with Crippen LogP contribution >= 0.6 is 12.4 Å². The highest BCUT2D eigenvalue weighted by atomic mass is 35.5. The summed E-state index contributed by atoms with van der Waals surface area (Å²) in [6, 6.07) is 4.79. The van der Waals surface area contributed by atoms with E-state index < -0.39 is 0 Å². The van der Waals surface area contributed by atoms with Crippen LogP contribution in [-0.2, 0) is 6.42 Å². The first-order valence-electron chi connectivity index (χ1n) is 4.54. The van der Waals surface area contributed by atoms with Gasteiger partial charge >= 0.3 is 0 Å². The van der Waals surface area contributed by atoms with Crippen LogP contribution in [0.25, 0.3) is 0 Å². The van der Waals surface area contributed by atoms with Crippen LogP contribution in [0.1, 0.15) is 34.7 Å². The Hall–Kier alpha value is -0.530. The summed E-state index contributed by atoms with van der Waals surface area (Å²) in [6.07, 6.45) is 2.29. The van der Waals surface area contributed by atoms with Gasteiger partial charge in [0.15, 0.2) is 0 Å². The number of rotatable bonds is 0. The van der Waals surface area contributed by atoms with E-state index in [2.05, 4.69) is 26.0 Å². The zero-order chi connectivity index (χ0) is 8.72. The fraction of sp³-hybridized carbons (Fsp3) is 0.455. The van der Waals surface area contributed by atoms with Crippen LogP contribution in [0.3, 0.4) is 0 Å². The van der Waals surface area contributed by atoms with Crippen molar-refractivity contribution in [3.8, 4) is 0 Å². The van der Waals surface area contributed by atoms with Gasteiger partial charge in [-0.15, -0.1) is 12.4 Å². The Kier molecular flexibility index (Phi) is 2.99. The summed E-state index contributed by atoms with van der Waals surface area (Å²) < 4.78 is 0. The smallest absolute Gasteiger partial charge is 0.0303 e. The molecule has 0 saturated carbocycles. The highest BCUT2D eigenvalue weighted by molar-refractivity contribution is 5.85. The lowest BCUT2D eigenvalue weighted by atomic mass is 10.00. The molecule has 0 fully saturated rings. The van der Waals surface area contributed by atoms with Gasteiger partial charge in [0.05, 0.1) is 0 Å². The monoisotopic (exact) mass is 197 g/mol. The van der Waals surface area contributed by atoms with Gasteiger partial charge in [-0.2, -0.15) is 0 Å². The van der Waals surface area contributed by atoms with Crippen LogP contribution in [0.2, 0.25) is 0 Å². The Morgan fingerprint density at radius 2 is 2.00 bits per heavy atom. The van der Waals surface area contributed by atoms with Gasteiger partial charge in [0.25, 0.3) is 0 Å². The van der Waals surface area contributed by atoms with E-state index in [1.54, 1.807) is 0 Å². The van der Waals surface area contributed by atoms with E-state index in [4.69, 9.17) is 5.73 Å². The second kappa shape index (κ2) is 3.69. The topological polar surface area (TPSA) is 26.0 Å². The average molecular weight is 198 g/mol. The highest BCUT2D eigenvalue weighted by Crippen LogP contribution is 2.32. The molecule has 0 radical (unpaired) electrons. The molecule has 1 atom stereocenters. The zero-order valence-electron chi connectivity index (χ0n) is 8.13. The lowest BCUT2D eigenvalue weighted by Crippen LogP contribution is -2.06. The first kappa shape index (κ1) is 10.6. The molecular formula is C11H16ClN. The van der Waals surface area contributed by atoms with Crippen LogP contribution in [0, 0.1) is 13.8 Å². The summed E-state index contributed by atoms with van der Waals surface area (Å²) in [6.45, 7) is 4.31. The van der Waals surface area contributed by atoms with Crippen molar-refractivity contribution in [1.82, 2.24) is 0 Å². The first-order valence-corrected chi connectivity index (χ1v) is 4.54. The molecule has 1 aromatic carbocycles. The molecule has 0 aliphatic heterocycles. The minimum absolute atomic E-state index is 0. The summed E-state index contributed by atoms with van der Waals surface area (Å²) >= 11 is 0. The van der Waals surface area contributed by atoms with Gasteiger partial charge in [0.1, 0.15) is 0 Å². The van der Waals surface area contributed by atoms with Crippen molar-refractivity contribution >= 4 is 12.4 Å². The third-order valence-corrected chi connectivity index (χ3v) is 2.71. The molecule has 0 spiro atoms. The normalized spacial score (nSPS) is 19.5. The minimum atomic E-state index is 0. The summed E-state index contributed by atoms with van der Waals surface area (Å²) in [5.41, 5.74) is 11.6. The quantitative estimate of drug-likeness (QED) is 0.680. The maximum atomic E-state index is 6.00. The molecule has 2 N–H and O–H groups in total. The molecule has 1 nitrogen and oxygen atoms in total. The number of benzene rings is 1. The van der Waals surface area contributed by atoms with E-state index in [-0.39, 0.29) is 12.4 Å². The Morgan fingerprint density at radius 1 is 1.31 bits per heavy atom. The molecule has 0 aromatic heterocycles. The van der Waals surface area contributed by atoms with Crippen molar-refractivity contribution in [2.24, 2.45) is 5.73 Å². The molecule has 0 bridgehead atoms. The van der Waals surface area contributed by atoms with E-state index >= 15 is 0 Å². The fourth-order valence-electron chi connectivity index (χ4n) is 2.26. The maximum Gasteiger partial charge on any atom is 0.0303 e. The maximum absolute atomic E-state index is 6.00. The average Bonchev–Trinajstić information content (AvgIpc) is 2.31. The van der Waals surface area contributed by atoms with Crippen LogP contribution < -0.4 is 5.73 Å². The molecule has 0 saturated heterocycles. The summed E-state index contributed by atoms with van der Waals surface area (Å²) in [5.74, 6) is 0. The van der Waals surface area contributed by atoms with Gasteiger partial charge < -0.3 is 5.73 Å². The Morgan fingerprint density at radius 3 is 2.69 bits per heavy atom. The third-order valence-electron chi connectivity index (χ3n) is 2.71. The molecule has 0 heterocycles. The molecule has 1 unspecified atom stereocenters. The fourth-order valence-corrected chi connectivity index (χ4v) is 2.26. The molecule has 0 amide bonds. The van der Waals surface area contributed by atoms with Gasteiger partial charge in [-0.05, 0) is 43.4 Å².